The summed E-state index contributed by atoms with van der Waals surface area (Å²) in [5.74, 6) is -0.0385. The minimum absolute atomic E-state index is 0.00202. The van der Waals surface area contributed by atoms with Gasteiger partial charge in [0.05, 0.1) is 6.54 Å². The Morgan fingerprint density at radius 1 is 1.10 bits per heavy atom. The van der Waals surface area contributed by atoms with Crippen LogP contribution in [0, 0.1) is 0 Å². The minimum Gasteiger partial charge on any atom is -0.355 e. The van der Waals surface area contributed by atoms with Crippen LogP contribution in [0.15, 0.2) is 30.3 Å². The molecule has 0 saturated carbocycles. The summed E-state index contributed by atoms with van der Waals surface area (Å²) in [7, 11) is 0. The average Bonchev–Trinajstić information content (AvgIpc) is 2.44. The normalized spacial score (nSPS) is 10.3. The molecule has 2 amide bonds. The SMILES string of the molecule is CCNC(=O)CN(CC)CCC(=O)Nc1ccccc1. The maximum atomic E-state index is 11.8. The number of hydrogen-bond acceptors (Lipinski definition) is 3. The van der Waals surface area contributed by atoms with Crippen molar-refractivity contribution < 1.29 is 9.59 Å². The lowest BCUT2D eigenvalue weighted by atomic mass is 10.3. The second-order valence-electron chi connectivity index (χ2n) is 4.49. The van der Waals surface area contributed by atoms with Gasteiger partial charge in [0.25, 0.3) is 0 Å². The summed E-state index contributed by atoms with van der Waals surface area (Å²) in [6, 6.07) is 9.36. The summed E-state index contributed by atoms with van der Waals surface area (Å²) in [6.45, 7) is 6.16. The van der Waals surface area contributed by atoms with Crippen molar-refractivity contribution in [3.8, 4) is 0 Å². The van der Waals surface area contributed by atoms with Crippen LogP contribution in [0.4, 0.5) is 5.69 Å². The molecule has 5 heteroatoms. The predicted molar refractivity (Wildman–Crippen MR) is 80.5 cm³/mol. The number of carbonyl (C=O) groups is 2. The maximum absolute atomic E-state index is 11.8. The van der Waals surface area contributed by atoms with E-state index in [0.717, 1.165) is 12.2 Å². The number of nitrogens with zero attached hydrogens (tertiary/aromatic N) is 1. The third kappa shape index (κ3) is 6.33. The lowest BCUT2D eigenvalue weighted by Crippen LogP contribution is -2.38. The minimum atomic E-state index is -0.0365. The zero-order valence-electron chi connectivity index (χ0n) is 12.2. The monoisotopic (exact) mass is 277 g/mol. The predicted octanol–water partition coefficient (Wildman–Crippen LogP) is 1.47. The number of amides is 2. The Morgan fingerprint density at radius 3 is 2.40 bits per heavy atom. The van der Waals surface area contributed by atoms with Crippen LogP contribution in [0.25, 0.3) is 0 Å². The zero-order valence-corrected chi connectivity index (χ0v) is 12.2. The number of benzene rings is 1. The Hall–Kier alpha value is -1.88. The van der Waals surface area contributed by atoms with Crippen molar-refractivity contribution in [1.29, 1.82) is 0 Å². The fourth-order valence-electron chi connectivity index (χ4n) is 1.81. The van der Waals surface area contributed by atoms with Crippen molar-refractivity contribution in [2.45, 2.75) is 20.3 Å². The van der Waals surface area contributed by atoms with Crippen LogP contribution in [0.1, 0.15) is 20.3 Å². The van der Waals surface area contributed by atoms with Gasteiger partial charge in [0, 0.05) is 25.2 Å². The standard InChI is InChI=1S/C15H23N3O2/c1-3-16-15(20)12-18(4-2)11-10-14(19)17-13-8-6-5-7-9-13/h5-9H,3-4,10-12H2,1-2H3,(H,16,20)(H,17,19). The largest absolute Gasteiger partial charge is 0.355 e. The van der Waals surface area contributed by atoms with Gasteiger partial charge in [-0.2, -0.15) is 0 Å². The van der Waals surface area contributed by atoms with E-state index in [1.807, 2.05) is 49.1 Å². The molecule has 1 aromatic rings. The zero-order chi connectivity index (χ0) is 14.8. The molecule has 110 valence electrons. The molecule has 0 aliphatic rings. The third-order valence-electron chi connectivity index (χ3n) is 2.90. The van der Waals surface area contributed by atoms with Gasteiger partial charge in [-0.1, -0.05) is 25.1 Å². The molecule has 0 fully saturated rings. The summed E-state index contributed by atoms with van der Waals surface area (Å²) >= 11 is 0. The fraction of sp³-hybridized carbons (Fsp3) is 0.467. The number of hydrogen-bond donors (Lipinski definition) is 2. The molecule has 0 spiro atoms. The summed E-state index contributed by atoms with van der Waals surface area (Å²) in [6.07, 6.45) is 0.377. The Kier molecular flexibility index (Phi) is 7.35. The molecule has 0 aliphatic carbocycles. The molecule has 5 nitrogen and oxygen atoms in total. The molecule has 0 heterocycles. The fourth-order valence-corrected chi connectivity index (χ4v) is 1.81. The van der Waals surface area contributed by atoms with Crippen molar-refractivity contribution in [2.75, 3.05) is 31.5 Å². The molecular formula is C15H23N3O2. The van der Waals surface area contributed by atoms with Crippen LogP contribution < -0.4 is 10.6 Å². The van der Waals surface area contributed by atoms with Gasteiger partial charge in [-0.3, -0.25) is 14.5 Å². The lowest BCUT2D eigenvalue weighted by Gasteiger charge is -2.19. The first-order valence-electron chi connectivity index (χ1n) is 6.99. The van der Waals surface area contributed by atoms with E-state index in [9.17, 15) is 9.59 Å². The summed E-state index contributed by atoms with van der Waals surface area (Å²) in [4.78, 5) is 25.3. The van der Waals surface area contributed by atoms with Gasteiger partial charge in [-0.15, -0.1) is 0 Å². The van der Waals surface area contributed by atoms with Gasteiger partial charge in [0.2, 0.25) is 11.8 Å². The van der Waals surface area contributed by atoms with Gasteiger partial charge < -0.3 is 10.6 Å². The first kappa shape index (κ1) is 16.2. The van der Waals surface area contributed by atoms with E-state index in [4.69, 9.17) is 0 Å². The van der Waals surface area contributed by atoms with Crippen molar-refractivity contribution >= 4 is 17.5 Å². The van der Waals surface area contributed by atoms with Crippen LogP contribution in [0.5, 0.6) is 0 Å². The molecule has 0 radical (unpaired) electrons. The quantitative estimate of drug-likeness (QED) is 0.756. The molecule has 0 saturated heterocycles. The van der Waals surface area contributed by atoms with Crippen molar-refractivity contribution in [1.82, 2.24) is 10.2 Å². The van der Waals surface area contributed by atoms with Crippen LogP contribution in [0.2, 0.25) is 0 Å². The molecular weight excluding hydrogens is 254 g/mol. The maximum Gasteiger partial charge on any atom is 0.234 e. The van der Waals surface area contributed by atoms with Crippen LogP contribution in [-0.2, 0) is 9.59 Å². The second kappa shape index (κ2) is 9.09. The molecule has 0 aromatic heterocycles. The van der Waals surface area contributed by atoms with E-state index in [-0.39, 0.29) is 11.8 Å². The van der Waals surface area contributed by atoms with Gasteiger partial charge >= 0.3 is 0 Å². The lowest BCUT2D eigenvalue weighted by molar-refractivity contribution is -0.123. The third-order valence-corrected chi connectivity index (χ3v) is 2.90. The van der Waals surface area contributed by atoms with Crippen molar-refractivity contribution in [3.63, 3.8) is 0 Å². The van der Waals surface area contributed by atoms with E-state index in [0.29, 0.717) is 26.1 Å². The Balaban J connectivity index is 2.32. The van der Waals surface area contributed by atoms with Crippen molar-refractivity contribution in [2.24, 2.45) is 0 Å². The molecule has 2 N–H and O–H groups in total. The van der Waals surface area contributed by atoms with E-state index in [1.54, 1.807) is 0 Å². The van der Waals surface area contributed by atoms with Crippen LogP contribution >= 0.6 is 0 Å². The number of rotatable bonds is 8. The molecule has 0 atom stereocenters. The number of nitrogens with one attached hydrogen (secondary N) is 2. The van der Waals surface area contributed by atoms with Gasteiger partial charge in [-0.25, -0.2) is 0 Å². The Morgan fingerprint density at radius 2 is 1.80 bits per heavy atom. The molecule has 0 unspecified atom stereocenters. The van der Waals surface area contributed by atoms with Crippen LogP contribution in [-0.4, -0.2) is 42.9 Å². The first-order chi connectivity index (χ1) is 9.65. The van der Waals surface area contributed by atoms with Crippen LogP contribution in [0.3, 0.4) is 0 Å². The topological polar surface area (TPSA) is 61.4 Å². The Labute approximate surface area is 120 Å². The van der Waals surface area contributed by atoms with E-state index < -0.39 is 0 Å². The van der Waals surface area contributed by atoms with Gasteiger partial charge in [0.15, 0.2) is 0 Å². The number of likely N-dealkylation sites (N-methyl/N-ethyl adjacent to an activating group) is 2. The number of carbonyl (C=O) groups excluding carboxylic acids is 2. The highest BCUT2D eigenvalue weighted by Gasteiger charge is 2.10. The van der Waals surface area contributed by atoms with Crippen molar-refractivity contribution in [3.05, 3.63) is 30.3 Å². The Bertz CT molecular complexity index is 420. The number of anilines is 1. The molecule has 20 heavy (non-hydrogen) atoms. The van der Waals surface area contributed by atoms with Gasteiger partial charge in [0.1, 0.15) is 0 Å². The summed E-state index contributed by atoms with van der Waals surface area (Å²) in [5, 5.41) is 5.59. The molecule has 0 aliphatic heterocycles. The molecule has 1 aromatic carbocycles. The highest BCUT2D eigenvalue weighted by Crippen LogP contribution is 2.05. The van der Waals surface area contributed by atoms with Gasteiger partial charge in [-0.05, 0) is 25.6 Å². The van der Waals surface area contributed by atoms with E-state index in [1.165, 1.54) is 0 Å². The summed E-state index contributed by atoms with van der Waals surface area (Å²) in [5.41, 5.74) is 0.796. The highest BCUT2D eigenvalue weighted by molar-refractivity contribution is 5.90. The van der Waals surface area contributed by atoms with E-state index >= 15 is 0 Å². The first-order valence-corrected chi connectivity index (χ1v) is 6.99. The molecule has 1 rings (SSSR count). The highest BCUT2D eigenvalue weighted by atomic mass is 16.2. The molecule has 0 bridgehead atoms. The second-order valence-corrected chi connectivity index (χ2v) is 4.49. The van der Waals surface area contributed by atoms with E-state index in [2.05, 4.69) is 10.6 Å². The smallest absolute Gasteiger partial charge is 0.234 e. The number of para-hydroxylation sites is 1. The average molecular weight is 277 g/mol. The summed E-state index contributed by atoms with van der Waals surface area (Å²) < 4.78 is 0.